The van der Waals surface area contributed by atoms with Crippen molar-refractivity contribution in [1.29, 1.82) is 0 Å². The maximum absolute atomic E-state index is 12.4. The number of aliphatic hydroxyl groups is 1. The molecule has 0 saturated heterocycles. The van der Waals surface area contributed by atoms with Crippen LogP contribution in [0.1, 0.15) is 23.3 Å². The van der Waals surface area contributed by atoms with E-state index >= 15 is 0 Å². The average molecular weight is 438 g/mol. The van der Waals surface area contributed by atoms with E-state index in [1.54, 1.807) is 12.1 Å². The Bertz CT molecular complexity index is 723. The summed E-state index contributed by atoms with van der Waals surface area (Å²) in [6.07, 6.45) is 1.33. The summed E-state index contributed by atoms with van der Waals surface area (Å²) in [5.41, 5.74) is 1.54. The van der Waals surface area contributed by atoms with Crippen molar-refractivity contribution in [3.63, 3.8) is 0 Å². The molecule has 3 rings (SSSR count). The van der Waals surface area contributed by atoms with E-state index in [9.17, 15) is 9.90 Å². The minimum atomic E-state index is -0.936. The van der Waals surface area contributed by atoms with Crippen LogP contribution in [0, 0.1) is 5.92 Å². The summed E-state index contributed by atoms with van der Waals surface area (Å²) in [6.45, 7) is 0. The van der Waals surface area contributed by atoms with Gasteiger partial charge in [0.1, 0.15) is 6.10 Å². The Morgan fingerprint density at radius 3 is 2.13 bits per heavy atom. The van der Waals surface area contributed by atoms with Crippen molar-refractivity contribution in [3.8, 4) is 0 Å². The van der Waals surface area contributed by atoms with E-state index in [1.165, 1.54) is 12.3 Å². The zero-order valence-electron chi connectivity index (χ0n) is 12.0. The van der Waals surface area contributed by atoms with E-state index < -0.39 is 18.1 Å². The van der Waals surface area contributed by atoms with Gasteiger partial charge < -0.3 is 9.84 Å². The molecule has 0 saturated carbocycles. The molecule has 1 N–H and O–H groups in total. The van der Waals surface area contributed by atoms with Crippen LogP contribution in [-0.4, -0.2) is 10.9 Å². The Hall–Kier alpha value is -1.43. The van der Waals surface area contributed by atoms with Crippen molar-refractivity contribution in [2.24, 2.45) is 5.92 Å². The van der Waals surface area contributed by atoms with Crippen LogP contribution in [-0.2, 0) is 9.53 Å². The van der Waals surface area contributed by atoms with Gasteiger partial charge in [-0.15, -0.1) is 0 Å². The lowest BCUT2D eigenvalue weighted by Crippen LogP contribution is -2.31. The highest BCUT2D eigenvalue weighted by molar-refractivity contribution is 9.10. The van der Waals surface area contributed by atoms with E-state index in [0.717, 1.165) is 14.5 Å². The van der Waals surface area contributed by atoms with Gasteiger partial charge in [-0.3, -0.25) is 4.79 Å². The molecule has 118 valence electrons. The smallest absolute Gasteiger partial charge is 0.168 e. The second-order valence-corrected chi connectivity index (χ2v) is 7.17. The highest BCUT2D eigenvalue weighted by Gasteiger charge is 2.38. The SMILES string of the molecule is O=C1C=CO[C@@H](c2ccc(Br)cc2)[C@@H]1[C@@H](O)c1ccc(Br)cc1. The van der Waals surface area contributed by atoms with Crippen LogP contribution in [0.2, 0.25) is 0 Å². The van der Waals surface area contributed by atoms with Gasteiger partial charge in [0.25, 0.3) is 0 Å². The number of allylic oxidation sites excluding steroid dienone is 1. The number of carbonyl (C=O) groups excluding carboxylic acids is 1. The van der Waals surface area contributed by atoms with Gasteiger partial charge in [0.05, 0.1) is 18.3 Å². The fraction of sp³-hybridized carbons (Fsp3) is 0.167. The molecule has 0 amide bonds. The molecule has 2 aromatic carbocycles. The van der Waals surface area contributed by atoms with Gasteiger partial charge >= 0.3 is 0 Å². The first kappa shape index (κ1) is 16.4. The summed E-state index contributed by atoms with van der Waals surface area (Å²) in [5.74, 6) is -0.818. The monoisotopic (exact) mass is 436 g/mol. The molecule has 5 heteroatoms. The second kappa shape index (κ2) is 6.99. The fourth-order valence-corrected chi connectivity index (χ4v) is 3.19. The van der Waals surface area contributed by atoms with E-state index in [0.29, 0.717) is 5.56 Å². The summed E-state index contributed by atoms with van der Waals surface area (Å²) in [6, 6.07) is 14.9. The zero-order chi connectivity index (χ0) is 16.4. The Kier molecular flexibility index (Phi) is 4.99. The summed E-state index contributed by atoms with van der Waals surface area (Å²) >= 11 is 6.76. The van der Waals surface area contributed by atoms with E-state index in [1.807, 2.05) is 36.4 Å². The van der Waals surface area contributed by atoms with Crippen LogP contribution in [0.4, 0.5) is 0 Å². The third-order valence-corrected chi connectivity index (χ3v) is 4.92. The molecule has 0 aliphatic carbocycles. The average Bonchev–Trinajstić information content (AvgIpc) is 2.55. The van der Waals surface area contributed by atoms with E-state index in [2.05, 4.69) is 31.9 Å². The van der Waals surface area contributed by atoms with Crippen molar-refractivity contribution in [3.05, 3.63) is 80.9 Å². The van der Waals surface area contributed by atoms with Crippen LogP contribution < -0.4 is 0 Å². The number of ether oxygens (including phenoxy) is 1. The van der Waals surface area contributed by atoms with Crippen LogP contribution in [0.15, 0.2) is 69.8 Å². The Morgan fingerprint density at radius 2 is 1.52 bits per heavy atom. The predicted octanol–water partition coefficient (Wildman–Crippen LogP) is 4.72. The summed E-state index contributed by atoms with van der Waals surface area (Å²) in [4.78, 5) is 12.4. The number of hydrogen-bond acceptors (Lipinski definition) is 3. The lowest BCUT2D eigenvalue weighted by atomic mass is 9.83. The molecule has 2 aromatic rings. The van der Waals surface area contributed by atoms with Gasteiger partial charge in [0, 0.05) is 15.0 Å². The van der Waals surface area contributed by atoms with E-state index in [4.69, 9.17) is 4.74 Å². The number of aliphatic hydroxyl groups excluding tert-OH is 1. The van der Waals surface area contributed by atoms with Crippen molar-refractivity contribution in [1.82, 2.24) is 0 Å². The molecular formula is C18H14Br2O3. The normalized spacial score (nSPS) is 21.8. The Labute approximate surface area is 151 Å². The third-order valence-electron chi connectivity index (χ3n) is 3.86. The third kappa shape index (κ3) is 3.57. The molecule has 1 heterocycles. The molecule has 0 spiro atoms. The number of halogens is 2. The lowest BCUT2D eigenvalue weighted by Gasteiger charge is -2.31. The van der Waals surface area contributed by atoms with Crippen LogP contribution >= 0.6 is 31.9 Å². The molecule has 3 atom stereocenters. The van der Waals surface area contributed by atoms with Crippen molar-refractivity contribution in [2.45, 2.75) is 12.2 Å². The largest absolute Gasteiger partial charge is 0.492 e. The second-order valence-electron chi connectivity index (χ2n) is 5.34. The van der Waals surface area contributed by atoms with Gasteiger partial charge in [-0.1, -0.05) is 56.1 Å². The Morgan fingerprint density at radius 1 is 0.957 bits per heavy atom. The van der Waals surface area contributed by atoms with Gasteiger partial charge in [0.2, 0.25) is 0 Å². The summed E-state index contributed by atoms with van der Waals surface area (Å²) in [7, 11) is 0. The lowest BCUT2D eigenvalue weighted by molar-refractivity contribution is -0.130. The van der Waals surface area contributed by atoms with Gasteiger partial charge in [-0.05, 0) is 35.4 Å². The number of rotatable bonds is 3. The fourth-order valence-electron chi connectivity index (χ4n) is 2.66. The maximum Gasteiger partial charge on any atom is 0.168 e. The molecule has 0 fully saturated rings. The quantitative estimate of drug-likeness (QED) is 0.755. The molecule has 0 unspecified atom stereocenters. The van der Waals surface area contributed by atoms with Crippen molar-refractivity contribution >= 4 is 37.6 Å². The minimum Gasteiger partial charge on any atom is -0.492 e. The Balaban J connectivity index is 1.95. The predicted molar refractivity (Wildman–Crippen MR) is 94.7 cm³/mol. The topological polar surface area (TPSA) is 46.5 Å². The minimum absolute atomic E-state index is 0.139. The highest BCUT2D eigenvalue weighted by Crippen LogP contribution is 2.39. The standard InChI is InChI=1S/C18H14Br2O3/c19-13-5-1-11(2-6-13)17(22)16-15(21)9-10-23-18(16)12-3-7-14(20)8-4-12/h1-10,16-18,22H/t16-,17-,18-/m0/s1. The molecular weight excluding hydrogens is 424 g/mol. The molecule has 0 aromatic heterocycles. The molecule has 3 nitrogen and oxygen atoms in total. The number of carbonyl (C=O) groups is 1. The molecule has 0 bridgehead atoms. The first-order valence-electron chi connectivity index (χ1n) is 7.11. The zero-order valence-corrected chi connectivity index (χ0v) is 15.2. The first-order chi connectivity index (χ1) is 11.1. The van der Waals surface area contributed by atoms with Crippen LogP contribution in [0.5, 0.6) is 0 Å². The highest BCUT2D eigenvalue weighted by atomic mass is 79.9. The number of ketones is 1. The van der Waals surface area contributed by atoms with E-state index in [-0.39, 0.29) is 5.78 Å². The van der Waals surface area contributed by atoms with Crippen molar-refractivity contribution < 1.29 is 14.6 Å². The van der Waals surface area contributed by atoms with Gasteiger partial charge in [-0.25, -0.2) is 0 Å². The maximum atomic E-state index is 12.4. The van der Waals surface area contributed by atoms with Crippen LogP contribution in [0.3, 0.4) is 0 Å². The molecule has 1 aliphatic heterocycles. The van der Waals surface area contributed by atoms with Crippen LogP contribution in [0.25, 0.3) is 0 Å². The van der Waals surface area contributed by atoms with Crippen molar-refractivity contribution in [2.75, 3.05) is 0 Å². The van der Waals surface area contributed by atoms with Gasteiger partial charge in [-0.2, -0.15) is 0 Å². The first-order valence-corrected chi connectivity index (χ1v) is 8.70. The molecule has 0 radical (unpaired) electrons. The number of hydrogen-bond donors (Lipinski definition) is 1. The molecule has 1 aliphatic rings. The summed E-state index contributed by atoms with van der Waals surface area (Å²) < 4.78 is 7.54. The summed E-state index contributed by atoms with van der Waals surface area (Å²) in [5, 5.41) is 10.7. The molecule has 23 heavy (non-hydrogen) atoms. The number of benzene rings is 2. The van der Waals surface area contributed by atoms with Gasteiger partial charge in [0.15, 0.2) is 5.78 Å².